The standard InChI is InChI=1S/C27H23FN4O2S2/c1-3-32(21-9-5-4-6-10-21)36(33,34)23-12-8-7-11-22(23)31-26-25-24(19-13-15-20(28)16-14-19)18(2)35-27(25)30-17-29-26/h4-17H,3H2,1-2H3,(H,29,30,31). The van der Waals surface area contributed by atoms with Crippen LogP contribution in [0.4, 0.5) is 21.6 Å². The SMILES string of the molecule is CCN(c1ccccc1)S(=O)(=O)c1ccccc1Nc1ncnc2sc(C)c(-c3ccc(F)cc3)c12. The van der Waals surface area contributed by atoms with Gasteiger partial charge in [0.15, 0.2) is 0 Å². The molecule has 0 aliphatic heterocycles. The summed E-state index contributed by atoms with van der Waals surface area (Å²) >= 11 is 1.51. The zero-order chi connectivity index (χ0) is 25.3. The Labute approximate surface area is 213 Å². The van der Waals surface area contributed by atoms with Gasteiger partial charge in [0.05, 0.1) is 16.8 Å². The van der Waals surface area contributed by atoms with Gasteiger partial charge in [-0.3, -0.25) is 4.31 Å². The molecule has 36 heavy (non-hydrogen) atoms. The fraction of sp³-hybridized carbons (Fsp3) is 0.111. The first-order valence-corrected chi connectivity index (χ1v) is 13.6. The number of aryl methyl sites for hydroxylation is 1. The molecule has 5 rings (SSSR count). The number of fused-ring (bicyclic) bond motifs is 1. The Morgan fingerprint density at radius 1 is 0.944 bits per heavy atom. The molecule has 0 saturated heterocycles. The molecule has 0 aliphatic carbocycles. The van der Waals surface area contributed by atoms with E-state index in [1.165, 1.54) is 34.1 Å². The average molecular weight is 519 g/mol. The molecule has 3 aromatic carbocycles. The van der Waals surface area contributed by atoms with Crippen molar-refractivity contribution < 1.29 is 12.8 Å². The number of nitrogens with zero attached hydrogens (tertiary/aromatic N) is 3. The van der Waals surface area contributed by atoms with Crippen molar-refractivity contribution in [2.75, 3.05) is 16.2 Å². The van der Waals surface area contributed by atoms with Crippen LogP contribution in [0.1, 0.15) is 11.8 Å². The maximum atomic E-state index is 13.8. The number of anilines is 3. The van der Waals surface area contributed by atoms with Crippen molar-refractivity contribution in [1.82, 2.24) is 9.97 Å². The van der Waals surface area contributed by atoms with Crippen LogP contribution in [0, 0.1) is 12.7 Å². The highest BCUT2D eigenvalue weighted by Gasteiger charge is 2.27. The van der Waals surface area contributed by atoms with E-state index in [1.54, 1.807) is 55.5 Å². The lowest BCUT2D eigenvalue weighted by molar-refractivity contribution is 0.592. The minimum Gasteiger partial charge on any atom is -0.338 e. The molecule has 0 unspecified atom stereocenters. The Kier molecular flexibility index (Phi) is 6.42. The third kappa shape index (κ3) is 4.31. The van der Waals surface area contributed by atoms with Gasteiger partial charge in [-0.1, -0.05) is 42.5 Å². The normalized spacial score (nSPS) is 11.5. The quantitative estimate of drug-likeness (QED) is 0.257. The number of halogens is 1. The van der Waals surface area contributed by atoms with Gasteiger partial charge in [0.1, 0.15) is 27.7 Å². The van der Waals surface area contributed by atoms with Crippen LogP contribution in [-0.2, 0) is 10.0 Å². The summed E-state index contributed by atoms with van der Waals surface area (Å²) in [6, 6.07) is 22.1. The van der Waals surface area contributed by atoms with Crippen LogP contribution >= 0.6 is 11.3 Å². The Bertz CT molecular complexity index is 1640. The summed E-state index contributed by atoms with van der Waals surface area (Å²) < 4.78 is 42.5. The lowest BCUT2D eigenvalue weighted by Gasteiger charge is -2.24. The van der Waals surface area contributed by atoms with E-state index in [1.807, 2.05) is 25.1 Å². The van der Waals surface area contributed by atoms with Crippen molar-refractivity contribution in [2.24, 2.45) is 0 Å². The summed E-state index contributed by atoms with van der Waals surface area (Å²) in [6.45, 7) is 4.06. The minimum atomic E-state index is -3.88. The zero-order valence-corrected chi connectivity index (χ0v) is 21.3. The monoisotopic (exact) mass is 518 g/mol. The predicted octanol–water partition coefficient (Wildman–Crippen LogP) is 6.76. The van der Waals surface area contributed by atoms with Crippen molar-refractivity contribution in [3.8, 4) is 11.1 Å². The lowest BCUT2D eigenvalue weighted by atomic mass is 10.0. The number of benzene rings is 3. The maximum Gasteiger partial charge on any atom is 0.266 e. The summed E-state index contributed by atoms with van der Waals surface area (Å²) in [7, 11) is -3.88. The van der Waals surface area contributed by atoms with Crippen molar-refractivity contribution >= 4 is 48.8 Å². The molecule has 182 valence electrons. The molecule has 0 aliphatic rings. The number of sulfonamides is 1. The number of hydrogen-bond acceptors (Lipinski definition) is 6. The summed E-state index contributed by atoms with van der Waals surface area (Å²) in [4.78, 5) is 10.8. The highest BCUT2D eigenvalue weighted by atomic mass is 32.2. The largest absolute Gasteiger partial charge is 0.338 e. The second-order valence-corrected chi connectivity index (χ2v) is 11.1. The molecule has 0 atom stereocenters. The van der Waals surface area contributed by atoms with Gasteiger partial charge in [-0.15, -0.1) is 11.3 Å². The average Bonchev–Trinajstić information content (AvgIpc) is 3.22. The predicted molar refractivity (Wildman–Crippen MR) is 144 cm³/mol. The maximum absolute atomic E-state index is 13.8. The van der Waals surface area contributed by atoms with E-state index in [0.29, 0.717) is 17.2 Å². The topological polar surface area (TPSA) is 75.2 Å². The number of thiophene rings is 1. The smallest absolute Gasteiger partial charge is 0.266 e. The molecule has 0 bridgehead atoms. The van der Waals surface area contributed by atoms with E-state index >= 15 is 0 Å². The van der Waals surface area contributed by atoms with Crippen LogP contribution in [0.15, 0.2) is 90.1 Å². The van der Waals surface area contributed by atoms with Crippen LogP contribution in [0.2, 0.25) is 0 Å². The number of nitrogens with one attached hydrogen (secondary N) is 1. The summed E-state index contributed by atoms with van der Waals surface area (Å²) in [5.41, 5.74) is 2.71. The zero-order valence-electron chi connectivity index (χ0n) is 19.6. The van der Waals surface area contributed by atoms with Crippen molar-refractivity contribution in [3.63, 3.8) is 0 Å². The summed E-state index contributed by atoms with van der Waals surface area (Å²) in [5, 5.41) is 4.02. The van der Waals surface area contributed by atoms with E-state index in [4.69, 9.17) is 0 Å². The van der Waals surface area contributed by atoms with E-state index in [2.05, 4.69) is 15.3 Å². The second kappa shape index (κ2) is 9.67. The van der Waals surface area contributed by atoms with E-state index in [-0.39, 0.29) is 17.3 Å². The fourth-order valence-corrected chi connectivity index (χ4v) is 6.87. The van der Waals surface area contributed by atoms with E-state index in [9.17, 15) is 12.8 Å². The highest BCUT2D eigenvalue weighted by molar-refractivity contribution is 7.93. The summed E-state index contributed by atoms with van der Waals surface area (Å²) in [5.74, 6) is 0.164. The molecular weight excluding hydrogens is 495 g/mol. The van der Waals surface area contributed by atoms with Gasteiger partial charge in [-0.05, 0) is 55.8 Å². The number of hydrogen-bond donors (Lipinski definition) is 1. The molecule has 0 fully saturated rings. The number of aromatic nitrogens is 2. The van der Waals surface area contributed by atoms with Gasteiger partial charge in [0.2, 0.25) is 0 Å². The molecule has 2 aromatic heterocycles. The Morgan fingerprint density at radius 3 is 2.36 bits per heavy atom. The van der Waals surface area contributed by atoms with Crippen LogP contribution in [0.25, 0.3) is 21.3 Å². The van der Waals surface area contributed by atoms with E-state index in [0.717, 1.165) is 26.2 Å². The second-order valence-electron chi connectivity index (χ2n) is 8.07. The first-order valence-electron chi connectivity index (χ1n) is 11.3. The minimum absolute atomic E-state index is 0.137. The molecule has 1 N–H and O–H groups in total. The first-order chi connectivity index (χ1) is 17.4. The van der Waals surface area contributed by atoms with Gasteiger partial charge in [0, 0.05) is 17.0 Å². The van der Waals surface area contributed by atoms with Crippen LogP contribution < -0.4 is 9.62 Å². The lowest BCUT2D eigenvalue weighted by Crippen LogP contribution is -2.31. The third-order valence-electron chi connectivity index (χ3n) is 5.84. The summed E-state index contributed by atoms with van der Waals surface area (Å²) in [6.07, 6.45) is 1.45. The molecule has 9 heteroatoms. The Morgan fingerprint density at radius 2 is 1.64 bits per heavy atom. The molecule has 0 saturated carbocycles. The van der Waals surface area contributed by atoms with Crippen molar-refractivity contribution in [2.45, 2.75) is 18.7 Å². The Balaban J connectivity index is 1.62. The third-order valence-corrected chi connectivity index (χ3v) is 8.81. The molecular formula is C27H23FN4O2S2. The fourth-order valence-electron chi connectivity index (χ4n) is 4.23. The highest BCUT2D eigenvalue weighted by Crippen LogP contribution is 2.41. The molecule has 0 spiro atoms. The van der Waals surface area contributed by atoms with Crippen LogP contribution in [-0.4, -0.2) is 24.9 Å². The number of rotatable bonds is 7. The molecule has 0 radical (unpaired) electrons. The van der Waals surface area contributed by atoms with Gasteiger partial charge in [-0.25, -0.2) is 22.8 Å². The van der Waals surface area contributed by atoms with Crippen molar-refractivity contribution in [3.05, 3.63) is 95.9 Å². The van der Waals surface area contributed by atoms with Gasteiger partial charge in [0.25, 0.3) is 10.0 Å². The molecule has 2 heterocycles. The van der Waals surface area contributed by atoms with Crippen molar-refractivity contribution in [1.29, 1.82) is 0 Å². The van der Waals surface area contributed by atoms with Crippen LogP contribution in [0.5, 0.6) is 0 Å². The van der Waals surface area contributed by atoms with Crippen LogP contribution in [0.3, 0.4) is 0 Å². The molecule has 0 amide bonds. The number of para-hydroxylation sites is 2. The Hall–Kier alpha value is -3.82. The van der Waals surface area contributed by atoms with Gasteiger partial charge < -0.3 is 5.32 Å². The van der Waals surface area contributed by atoms with Gasteiger partial charge >= 0.3 is 0 Å². The molecule has 6 nitrogen and oxygen atoms in total. The van der Waals surface area contributed by atoms with E-state index < -0.39 is 10.0 Å². The molecule has 5 aromatic rings. The van der Waals surface area contributed by atoms with Gasteiger partial charge in [-0.2, -0.15) is 0 Å². The first kappa shape index (κ1) is 23.9.